The molecule has 1 aromatic rings. The first-order chi connectivity index (χ1) is 9.56. The Hall–Kier alpha value is -1.39. The van der Waals surface area contributed by atoms with Gasteiger partial charge in [-0.25, -0.2) is 0 Å². The molecule has 0 bridgehead atoms. The van der Waals surface area contributed by atoms with Gasteiger partial charge in [0.1, 0.15) is 5.54 Å². The van der Waals surface area contributed by atoms with Gasteiger partial charge in [-0.05, 0) is 24.5 Å². The summed E-state index contributed by atoms with van der Waals surface area (Å²) in [5, 5.41) is 12.5. The van der Waals surface area contributed by atoms with Gasteiger partial charge in [0.25, 0.3) is 0 Å². The third-order valence-electron chi connectivity index (χ3n) is 3.78. The van der Waals surface area contributed by atoms with E-state index in [4.69, 9.17) is 16.7 Å². The predicted molar refractivity (Wildman–Crippen MR) is 76.9 cm³/mol. The lowest BCUT2D eigenvalue weighted by Gasteiger charge is -2.37. The van der Waals surface area contributed by atoms with Crippen LogP contribution in [-0.4, -0.2) is 23.4 Å². The van der Waals surface area contributed by atoms with Crippen molar-refractivity contribution in [2.24, 2.45) is 0 Å². The highest BCUT2D eigenvalue weighted by Gasteiger charge is 2.42. The van der Waals surface area contributed by atoms with E-state index in [9.17, 15) is 9.59 Å². The van der Waals surface area contributed by atoms with Crippen LogP contribution in [-0.2, 0) is 15.1 Å². The lowest BCUT2D eigenvalue weighted by atomic mass is 9.75. The normalized spacial score (nSPS) is 22.8. The van der Waals surface area contributed by atoms with Crippen molar-refractivity contribution in [3.8, 4) is 0 Å². The van der Waals surface area contributed by atoms with Gasteiger partial charge < -0.3 is 10.4 Å². The van der Waals surface area contributed by atoms with Crippen molar-refractivity contribution >= 4 is 23.4 Å². The number of carboxylic acids is 1. The summed E-state index contributed by atoms with van der Waals surface area (Å²) >= 11 is 6.25. The van der Waals surface area contributed by atoms with Gasteiger partial charge in [-0.3, -0.25) is 9.59 Å². The summed E-state index contributed by atoms with van der Waals surface area (Å²) in [5.74, 6) is -0.780. The molecule has 0 unspecified atom stereocenters. The van der Waals surface area contributed by atoms with Crippen molar-refractivity contribution in [2.75, 3.05) is 6.54 Å². The number of halogens is 1. The van der Waals surface area contributed by atoms with Gasteiger partial charge in [0, 0.05) is 18.0 Å². The van der Waals surface area contributed by atoms with E-state index in [0.29, 0.717) is 17.9 Å². The molecule has 2 N–H and O–H groups in total. The van der Waals surface area contributed by atoms with Crippen molar-refractivity contribution in [1.29, 1.82) is 0 Å². The lowest BCUT2D eigenvalue weighted by Crippen LogP contribution is -2.51. The van der Waals surface area contributed by atoms with Crippen LogP contribution in [0.3, 0.4) is 0 Å². The van der Waals surface area contributed by atoms with Crippen LogP contribution >= 0.6 is 11.6 Å². The second-order valence-corrected chi connectivity index (χ2v) is 5.49. The van der Waals surface area contributed by atoms with Gasteiger partial charge in [-0.1, -0.05) is 36.2 Å². The zero-order valence-electron chi connectivity index (χ0n) is 11.2. The Labute approximate surface area is 123 Å². The molecule has 0 radical (unpaired) electrons. The molecule has 0 heterocycles. The van der Waals surface area contributed by atoms with Crippen LogP contribution in [0.4, 0.5) is 0 Å². The Morgan fingerprint density at radius 2 is 2.10 bits per heavy atom. The standard InChI is InChI=1S/C15H18ClNO3/c16-12-6-2-1-5-11(12)15(17-10-8-14(19)20)9-4-3-7-13(15)18/h1-2,5-6,17H,3-4,7-10H2,(H,19,20)/t15-/m0/s1. The number of Topliss-reactive ketones (excluding diaryl/α,β-unsaturated/α-hetero) is 1. The van der Waals surface area contributed by atoms with Crippen LogP contribution in [0.2, 0.25) is 5.02 Å². The van der Waals surface area contributed by atoms with Crippen molar-refractivity contribution in [3.05, 3.63) is 34.9 Å². The van der Waals surface area contributed by atoms with E-state index in [2.05, 4.69) is 5.32 Å². The Bertz CT molecular complexity index is 518. The van der Waals surface area contributed by atoms with Gasteiger partial charge in [0.2, 0.25) is 0 Å². The van der Waals surface area contributed by atoms with Crippen LogP contribution in [0.1, 0.15) is 37.7 Å². The number of nitrogens with one attached hydrogen (secondary N) is 1. The molecule has 0 spiro atoms. The number of hydrogen-bond donors (Lipinski definition) is 2. The topological polar surface area (TPSA) is 66.4 Å². The second-order valence-electron chi connectivity index (χ2n) is 5.09. The first-order valence-electron chi connectivity index (χ1n) is 6.81. The van der Waals surface area contributed by atoms with Crippen molar-refractivity contribution in [1.82, 2.24) is 5.32 Å². The highest BCUT2D eigenvalue weighted by molar-refractivity contribution is 6.31. The molecule has 4 nitrogen and oxygen atoms in total. The third kappa shape index (κ3) is 3.02. The fourth-order valence-electron chi connectivity index (χ4n) is 2.79. The number of carbonyl (C=O) groups is 2. The predicted octanol–water partition coefficient (Wildman–Crippen LogP) is 2.74. The molecule has 0 amide bonds. The van der Waals surface area contributed by atoms with E-state index in [-0.39, 0.29) is 18.7 Å². The molecule has 0 aliphatic heterocycles. The number of rotatable bonds is 5. The molecule has 1 fully saturated rings. The Morgan fingerprint density at radius 1 is 1.35 bits per heavy atom. The molecule has 20 heavy (non-hydrogen) atoms. The Balaban J connectivity index is 2.31. The summed E-state index contributed by atoms with van der Waals surface area (Å²) in [4.78, 5) is 23.2. The molecular weight excluding hydrogens is 278 g/mol. The molecule has 108 valence electrons. The van der Waals surface area contributed by atoms with Gasteiger partial charge in [0.15, 0.2) is 5.78 Å². The minimum atomic E-state index is -0.880. The second kappa shape index (κ2) is 6.37. The highest BCUT2D eigenvalue weighted by Crippen LogP contribution is 2.37. The summed E-state index contributed by atoms with van der Waals surface area (Å²) in [5.41, 5.74) is -0.0665. The summed E-state index contributed by atoms with van der Waals surface area (Å²) < 4.78 is 0. The maximum absolute atomic E-state index is 12.5. The number of ketones is 1. The molecule has 0 saturated heterocycles. The number of aliphatic carboxylic acids is 1. The maximum Gasteiger partial charge on any atom is 0.304 e. The minimum absolute atomic E-state index is 0.0144. The number of hydrogen-bond acceptors (Lipinski definition) is 3. The summed E-state index contributed by atoms with van der Waals surface area (Å²) in [6.45, 7) is 0.256. The largest absolute Gasteiger partial charge is 0.481 e. The van der Waals surface area contributed by atoms with E-state index in [1.54, 1.807) is 6.07 Å². The zero-order chi connectivity index (χ0) is 14.6. The molecule has 1 saturated carbocycles. The van der Waals surface area contributed by atoms with Gasteiger partial charge in [-0.2, -0.15) is 0 Å². The van der Waals surface area contributed by atoms with Crippen molar-refractivity contribution in [2.45, 2.75) is 37.6 Å². The van der Waals surface area contributed by atoms with Gasteiger partial charge in [-0.15, -0.1) is 0 Å². The lowest BCUT2D eigenvalue weighted by molar-refractivity contribution is -0.137. The monoisotopic (exact) mass is 295 g/mol. The third-order valence-corrected chi connectivity index (χ3v) is 4.11. The van der Waals surface area contributed by atoms with Crippen molar-refractivity contribution < 1.29 is 14.7 Å². The van der Waals surface area contributed by atoms with E-state index < -0.39 is 11.5 Å². The summed E-state index contributed by atoms with van der Waals surface area (Å²) in [6, 6.07) is 7.28. The SMILES string of the molecule is O=C(O)CCN[C@]1(c2ccccc2Cl)CCCCC1=O. The van der Waals surface area contributed by atoms with Gasteiger partial charge >= 0.3 is 5.97 Å². The smallest absolute Gasteiger partial charge is 0.304 e. The van der Waals surface area contributed by atoms with Crippen LogP contribution in [0.25, 0.3) is 0 Å². The molecular formula is C15H18ClNO3. The first kappa shape index (κ1) is 15.0. The average molecular weight is 296 g/mol. The number of benzene rings is 1. The van der Waals surface area contributed by atoms with Crippen LogP contribution < -0.4 is 5.32 Å². The summed E-state index contributed by atoms with van der Waals surface area (Å²) in [7, 11) is 0. The van der Waals surface area contributed by atoms with Crippen LogP contribution in [0.5, 0.6) is 0 Å². The van der Waals surface area contributed by atoms with E-state index in [1.807, 2.05) is 18.2 Å². The van der Waals surface area contributed by atoms with E-state index >= 15 is 0 Å². The first-order valence-corrected chi connectivity index (χ1v) is 7.19. The van der Waals surface area contributed by atoms with Crippen LogP contribution in [0, 0.1) is 0 Å². The Morgan fingerprint density at radius 3 is 2.75 bits per heavy atom. The average Bonchev–Trinajstić information content (AvgIpc) is 2.41. The molecule has 1 aliphatic carbocycles. The Kier molecular flexibility index (Phi) is 4.78. The molecule has 2 rings (SSSR count). The molecule has 0 aromatic heterocycles. The number of carboxylic acid groups (broad SMARTS) is 1. The summed E-state index contributed by atoms with van der Waals surface area (Å²) in [6.07, 6.45) is 2.96. The number of carbonyl (C=O) groups excluding carboxylic acids is 1. The maximum atomic E-state index is 12.5. The van der Waals surface area contributed by atoms with E-state index in [1.165, 1.54) is 0 Å². The molecule has 1 aromatic carbocycles. The molecule has 5 heteroatoms. The zero-order valence-corrected chi connectivity index (χ0v) is 11.9. The van der Waals surface area contributed by atoms with Crippen molar-refractivity contribution in [3.63, 3.8) is 0 Å². The highest BCUT2D eigenvalue weighted by atomic mass is 35.5. The fourth-order valence-corrected chi connectivity index (χ4v) is 3.08. The fraction of sp³-hybridized carbons (Fsp3) is 0.467. The van der Waals surface area contributed by atoms with E-state index in [0.717, 1.165) is 18.4 Å². The van der Waals surface area contributed by atoms with Gasteiger partial charge in [0.05, 0.1) is 6.42 Å². The molecule has 1 atom stereocenters. The quantitative estimate of drug-likeness (QED) is 0.876. The minimum Gasteiger partial charge on any atom is -0.481 e. The van der Waals surface area contributed by atoms with Crippen LogP contribution in [0.15, 0.2) is 24.3 Å². The molecule has 1 aliphatic rings.